The fourth-order valence-corrected chi connectivity index (χ4v) is 1.26. The first-order valence-corrected chi connectivity index (χ1v) is 4.83. The minimum atomic E-state index is 0.130. The van der Waals surface area contributed by atoms with Crippen molar-refractivity contribution < 1.29 is 4.79 Å². The molecular weight excluding hydrogens is 164 g/mol. The van der Waals surface area contributed by atoms with Crippen LogP contribution in [0.5, 0.6) is 0 Å². The number of hydrogen-bond acceptors (Lipinski definition) is 1. The zero-order chi connectivity index (χ0) is 9.84. The van der Waals surface area contributed by atoms with Gasteiger partial charge in [-0.2, -0.15) is 0 Å². The molecule has 3 heteroatoms. The zero-order valence-electron chi connectivity index (χ0n) is 8.49. The lowest BCUT2D eigenvalue weighted by atomic mass is 10.4. The van der Waals surface area contributed by atoms with Gasteiger partial charge < -0.3 is 9.80 Å². The van der Waals surface area contributed by atoms with Gasteiger partial charge in [-0.05, 0) is 19.8 Å². The van der Waals surface area contributed by atoms with Crippen LogP contribution < -0.4 is 0 Å². The summed E-state index contributed by atoms with van der Waals surface area (Å²) in [6.07, 6.45) is 4.09. The molecule has 0 saturated heterocycles. The Morgan fingerprint density at radius 1 is 1.62 bits per heavy atom. The molecule has 74 valence electrons. The molecule has 0 aromatic carbocycles. The molecule has 0 spiro atoms. The number of urea groups is 1. The molecule has 13 heavy (non-hydrogen) atoms. The summed E-state index contributed by atoms with van der Waals surface area (Å²) in [5.41, 5.74) is 0. The predicted octanol–water partition coefficient (Wildman–Crippen LogP) is 1.71. The summed E-state index contributed by atoms with van der Waals surface area (Å²) in [6.45, 7) is 7.09. The minimum absolute atomic E-state index is 0.130. The SMILES string of the molecule is C=CCN(C(=O)N(C)CC)C1CC1. The van der Waals surface area contributed by atoms with Gasteiger partial charge in [0.05, 0.1) is 0 Å². The van der Waals surface area contributed by atoms with Gasteiger partial charge in [-0.15, -0.1) is 6.58 Å². The summed E-state index contributed by atoms with van der Waals surface area (Å²) in [4.78, 5) is 15.4. The molecule has 3 nitrogen and oxygen atoms in total. The van der Waals surface area contributed by atoms with Gasteiger partial charge in [0.1, 0.15) is 0 Å². The Morgan fingerprint density at radius 2 is 2.23 bits per heavy atom. The molecule has 1 rings (SSSR count). The molecule has 1 fully saturated rings. The second-order valence-corrected chi connectivity index (χ2v) is 3.47. The lowest BCUT2D eigenvalue weighted by molar-refractivity contribution is 0.167. The van der Waals surface area contributed by atoms with Crippen LogP contribution >= 0.6 is 0 Å². The Morgan fingerprint density at radius 3 is 2.62 bits per heavy atom. The summed E-state index contributed by atoms with van der Waals surface area (Å²) in [7, 11) is 1.83. The van der Waals surface area contributed by atoms with E-state index in [-0.39, 0.29) is 6.03 Å². The van der Waals surface area contributed by atoms with Crippen LogP contribution in [0.2, 0.25) is 0 Å². The highest BCUT2D eigenvalue weighted by molar-refractivity contribution is 5.75. The smallest absolute Gasteiger partial charge is 0.320 e. The van der Waals surface area contributed by atoms with E-state index in [1.807, 2.05) is 18.9 Å². The van der Waals surface area contributed by atoms with Crippen LogP contribution in [0.15, 0.2) is 12.7 Å². The highest BCUT2D eigenvalue weighted by Gasteiger charge is 2.32. The maximum Gasteiger partial charge on any atom is 0.320 e. The van der Waals surface area contributed by atoms with E-state index in [0.29, 0.717) is 12.6 Å². The van der Waals surface area contributed by atoms with E-state index < -0.39 is 0 Å². The van der Waals surface area contributed by atoms with Crippen molar-refractivity contribution in [1.82, 2.24) is 9.80 Å². The van der Waals surface area contributed by atoms with Crippen molar-refractivity contribution >= 4 is 6.03 Å². The largest absolute Gasteiger partial charge is 0.328 e. The monoisotopic (exact) mass is 182 g/mol. The first kappa shape index (κ1) is 10.1. The quantitative estimate of drug-likeness (QED) is 0.607. The molecule has 0 aliphatic heterocycles. The third-order valence-corrected chi connectivity index (χ3v) is 2.36. The molecule has 0 bridgehead atoms. The number of carbonyl (C=O) groups is 1. The van der Waals surface area contributed by atoms with Crippen molar-refractivity contribution in [3.8, 4) is 0 Å². The van der Waals surface area contributed by atoms with E-state index in [1.165, 1.54) is 0 Å². The van der Waals surface area contributed by atoms with Crippen molar-refractivity contribution in [3.63, 3.8) is 0 Å². The number of carbonyl (C=O) groups excluding carboxylic acids is 1. The molecule has 1 aliphatic carbocycles. The van der Waals surface area contributed by atoms with Crippen molar-refractivity contribution in [1.29, 1.82) is 0 Å². The van der Waals surface area contributed by atoms with Gasteiger partial charge in [-0.3, -0.25) is 0 Å². The van der Waals surface area contributed by atoms with Crippen LogP contribution in [0, 0.1) is 0 Å². The lowest BCUT2D eigenvalue weighted by Crippen LogP contribution is -2.42. The Kier molecular flexibility index (Phi) is 3.34. The Balaban J connectivity index is 2.52. The van der Waals surface area contributed by atoms with E-state index >= 15 is 0 Å². The molecule has 0 aromatic heterocycles. The minimum Gasteiger partial charge on any atom is -0.328 e. The maximum absolute atomic E-state index is 11.7. The van der Waals surface area contributed by atoms with E-state index in [0.717, 1.165) is 19.4 Å². The predicted molar refractivity (Wildman–Crippen MR) is 53.6 cm³/mol. The summed E-state index contributed by atoms with van der Waals surface area (Å²) in [5, 5.41) is 0. The second kappa shape index (κ2) is 4.30. The molecule has 1 saturated carbocycles. The van der Waals surface area contributed by atoms with Gasteiger partial charge in [0.2, 0.25) is 0 Å². The summed E-state index contributed by atoms with van der Waals surface area (Å²) in [6, 6.07) is 0.601. The fraction of sp³-hybridized carbons (Fsp3) is 0.700. The molecule has 0 heterocycles. The topological polar surface area (TPSA) is 23.6 Å². The Labute approximate surface area is 80.0 Å². The van der Waals surface area contributed by atoms with Gasteiger partial charge in [0.25, 0.3) is 0 Å². The normalized spacial score (nSPS) is 15.2. The fourth-order valence-electron chi connectivity index (χ4n) is 1.26. The van der Waals surface area contributed by atoms with Crippen LogP contribution in [0.1, 0.15) is 19.8 Å². The molecule has 0 aromatic rings. The number of amides is 2. The zero-order valence-corrected chi connectivity index (χ0v) is 8.49. The highest BCUT2D eigenvalue weighted by atomic mass is 16.2. The van der Waals surface area contributed by atoms with E-state index in [9.17, 15) is 4.79 Å². The molecular formula is C10H18N2O. The van der Waals surface area contributed by atoms with Gasteiger partial charge in [0.15, 0.2) is 0 Å². The first-order valence-electron chi connectivity index (χ1n) is 4.83. The van der Waals surface area contributed by atoms with Crippen molar-refractivity contribution in [2.24, 2.45) is 0 Å². The van der Waals surface area contributed by atoms with Crippen LogP contribution in [-0.2, 0) is 0 Å². The Bertz CT molecular complexity index is 199. The van der Waals surface area contributed by atoms with Gasteiger partial charge >= 0.3 is 6.03 Å². The van der Waals surface area contributed by atoms with E-state index in [1.54, 1.807) is 11.0 Å². The number of hydrogen-bond donors (Lipinski definition) is 0. The van der Waals surface area contributed by atoms with Crippen molar-refractivity contribution in [2.45, 2.75) is 25.8 Å². The highest BCUT2D eigenvalue weighted by Crippen LogP contribution is 2.27. The third-order valence-electron chi connectivity index (χ3n) is 2.36. The van der Waals surface area contributed by atoms with Gasteiger partial charge in [0, 0.05) is 26.2 Å². The standard InChI is InChI=1S/C10H18N2O/c1-4-8-12(9-6-7-9)10(13)11(3)5-2/h4,9H,1,5-8H2,2-3H3. The summed E-state index contributed by atoms with van der Waals surface area (Å²) in [5.74, 6) is 0. The Hall–Kier alpha value is -0.990. The third kappa shape index (κ3) is 2.47. The average molecular weight is 182 g/mol. The lowest BCUT2D eigenvalue weighted by Gasteiger charge is -2.26. The van der Waals surface area contributed by atoms with Gasteiger partial charge in [-0.25, -0.2) is 4.79 Å². The molecule has 0 radical (unpaired) electrons. The molecule has 0 atom stereocenters. The van der Waals surface area contributed by atoms with Crippen LogP contribution in [0.25, 0.3) is 0 Å². The number of rotatable bonds is 4. The molecule has 1 aliphatic rings. The van der Waals surface area contributed by atoms with Crippen LogP contribution in [0.3, 0.4) is 0 Å². The van der Waals surface area contributed by atoms with Crippen LogP contribution in [0.4, 0.5) is 4.79 Å². The molecule has 2 amide bonds. The van der Waals surface area contributed by atoms with E-state index in [4.69, 9.17) is 0 Å². The maximum atomic E-state index is 11.7. The molecule has 0 unspecified atom stereocenters. The van der Waals surface area contributed by atoms with Crippen molar-refractivity contribution in [3.05, 3.63) is 12.7 Å². The van der Waals surface area contributed by atoms with Crippen LogP contribution in [-0.4, -0.2) is 42.0 Å². The number of nitrogens with zero attached hydrogens (tertiary/aromatic N) is 2. The summed E-state index contributed by atoms with van der Waals surface area (Å²) < 4.78 is 0. The van der Waals surface area contributed by atoms with Gasteiger partial charge in [-0.1, -0.05) is 6.08 Å². The van der Waals surface area contributed by atoms with E-state index in [2.05, 4.69) is 6.58 Å². The average Bonchev–Trinajstić information content (AvgIpc) is 2.95. The second-order valence-electron chi connectivity index (χ2n) is 3.47. The molecule has 0 N–H and O–H groups in total. The first-order chi connectivity index (χ1) is 6.20. The van der Waals surface area contributed by atoms with Crippen molar-refractivity contribution in [2.75, 3.05) is 20.1 Å². The summed E-state index contributed by atoms with van der Waals surface area (Å²) >= 11 is 0.